The molecule has 0 radical (unpaired) electrons. The summed E-state index contributed by atoms with van der Waals surface area (Å²) in [6.45, 7) is 1.85. The maximum atomic E-state index is 12.3. The number of carboxylic acids is 1. The van der Waals surface area contributed by atoms with Gasteiger partial charge in [-0.3, -0.25) is 4.79 Å². The van der Waals surface area contributed by atoms with Crippen LogP contribution in [0.25, 0.3) is 0 Å². The molecule has 0 aliphatic rings. The summed E-state index contributed by atoms with van der Waals surface area (Å²) >= 11 is 4.82. The molecular weight excluding hydrogens is 378 g/mol. The fourth-order valence-corrected chi connectivity index (χ4v) is 3.19. The Morgan fingerprint density at radius 3 is 2.15 bits per heavy atom. The van der Waals surface area contributed by atoms with Crippen LogP contribution in [0.15, 0.2) is 59.5 Å². The Balaban J connectivity index is 0.000000765. The molecule has 2 aromatic rings. The second-order valence-electron chi connectivity index (χ2n) is 5.34. The summed E-state index contributed by atoms with van der Waals surface area (Å²) in [7, 11) is -3.87. The van der Waals surface area contributed by atoms with E-state index in [1.165, 1.54) is 12.1 Å². The zero-order chi connectivity index (χ0) is 19.6. The van der Waals surface area contributed by atoms with Crippen molar-refractivity contribution in [1.29, 1.82) is 0 Å². The van der Waals surface area contributed by atoms with Gasteiger partial charge < -0.3 is 9.90 Å². The van der Waals surface area contributed by atoms with Gasteiger partial charge in [-0.2, -0.15) is 4.72 Å². The fourth-order valence-electron chi connectivity index (χ4n) is 2.00. The monoisotopic (exact) mass is 397 g/mol. The number of rotatable bonds is 7. The minimum Gasteiger partial charge on any atom is -0.480 e. The van der Waals surface area contributed by atoms with Crippen molar-refractivity contribution in [2.24, 2.45) is 0 Å². The van der Waals surface area contributed by atoms with Gasteiger partial charge in [0.05, 0.1) is 10.8 Å². The Kier molecular flexibility index (Phi) is 8.98. The van der Waals surface area contributed by atoms with Crippen molar-refractivity contribution in [3.63, 3.8) is 0 Å². The lowest BCUT2D eigenvalue weighted by Crippen LogP contribution is -2.42. The summed E-state index contributed by atoms with van der Waals surface area (Å²) in [5.41, 5.74) is 1.68. The van der Waals surface area contributed by atoms with Crippen molar-refractivity contribution in [2.75, 3.05) is 5.88 Å². The summed E-state index contributed by atoms with van der Waals surface area (Å²) in [4.78, 5) is 20.4. The van der Waals surface area contributed by atoms with Gasteiger partial charge in [0.1, 0.15) is 12.3 Å². The molecule has 2 rings (SSSR count). The molecule has 0 aliphatic heterocycles. The van der Waals surface area contributed by atoms with Crippen molar-refractivity contribution in [1.82, 2.24) is 4.72 Å². The molecule has 0 fully saturated rings. The number of benzene rings is 2. The van der Waals surface area contributed by atoms with Gasteiger partial charge in [0.2, 0.25) is 10.0 Å². The standard InChI is InChI=1S/C16H17NO4S.C2H3ClO/c1-12-7-9-14(10-8-12)22(20,21)17-15(16(18)19)11-13-5-3-2-4-6-13;3-1-2-4/h2-10,15,17H,11H2,1H3,(H,18,19);2H,1H2/t15-;/m0./s1. The van der Waals surface area contributed by atoms with Gasteiger partial charge in [-0.15, -0.1) is 11.6 Å². The van der Waals surface area contributed by atoms with E-state index < -0.39 is 22.0 Å². The molecule has 0 saturated carbocycles. The minimum absolute atomic E-state index is 0.0532. The number of aliphatic carboxylic acids is 1. The lowest BCUT2D eigenvalue weighted by atomic mass is 10.1. The number of halogens is 1. The van der Waals surface area contributed by atoms with Crippen molar-refractivity contribution >= 4 is 33.9 Å². The molecule has 0 saturated heterocycles. The van der Waals surface area contributed by atoms with E-state index in [0.29, 0.717) is 6.29 Å². The third-order valence-corrected chi connectivity index (χ3v) is 4.89. The van der Waals surface area contributed by atoms with E-state index in [1.54, 1.807) is 36.4 Å². The molecule has 2 N–H and O–H groups in total. The molecule has 2 aromatic carbocycles. The van der Waals surface area contributed by atoms with Crippen LogP contribution in [-0.4, -0.2) is 37.7 Å². The Labute approximate surface area is 157 Å². The normalized spacial score (nSPS) is 11.8. The average Bonchev–Trinajstić information content (AvgIpc) is 2.62. The number of carbonyl (C=O) groups is 2. The molecule has 0 heterocycles. The van der Waals surface area contributed by atoms with Crippen LogP contribution in [0, 0.1) is 6.92 Å². The first kappa shape index (κ1) is 21.8. The van der Waals surface area contributed by atoms with Crippen LogP contribution in [0.4, 0.5) is 0 Å². The number of nitrogens with one attached hydrogen (secondary N) is 1. The van der Waals surface area contributed by atoms with Crippen LogP contribution in [0.1, 0.15) is 11.1 Å². The summed E-state index contributed by atoms with van der Waals surface area (Å²) in [5.74, 6) is -1.10. The molecule has 0 aliphatic carbocycles. The minimum atomic E-state index is -3.87. The summed E-state index contributed by atoms with van der Waals surface area (Å²) in [6.07, 6.45) is 0.725. The number of sulfonamides is 1. The maximum absolute atomic E-state index is 12.3. The largest absolute Gasteiger partial charge is 0.480 e. The average molecular weight is 398 g/mol. The van der Waals surface area contributed by atoms with Crippen molar-refractivity contribution in [3.8, 4) is 0 Å². The molecule has 0 amide bonds. The van der Waals surface area contributed by atoms with E-state index in [2.05, 4.69) is 4.72 Å². The number of alkyl halides is 1. The molecular formula is C18H20ClNO5S. The lowest BCUT2D eigenvalue weighted by molar-refractivity contribution is -0.138. The van der Waals surface area contributed by atoms with E-state index in [-0.39, 0.29) is 17.2 Å². The third kappa shape index (κ3) is 7.35. The van der Waals surface area contributed by atoms with Crippen LogP contribution >= 0.6 is 11.6 Å². The van der Waals surface area contributed by atoms with Gasteiger partial charge in [0.25, 0.3) is 0 Å². The number of hydrogen-bond acceptors (Lipinski definition) is 4. The van der Waals surface area contributed by atoms with Crippen LogP contribution in [0.2, 0.25) is 0 Å². The first-order chi connectivity index (χ1) is 12.3. The fraction of sp³-hybridized carbons (Fsp3) is 0.222. The zero-order valence-electron chi connectivity index (χ0n) is 14.1. The maximum Gasteiger partial charge on any atom is 0.322 e. The molecule has 8 heteroatoms. The van der Waals surface area contributed by atoms with E-state index in [0.717, 1.165) is 11.1 Å². The summed E-state index contributed by atoms with van der Waals surface area (Å²) in [5, 5.41) is 9.26. The highest BCUT2D eigenvalue weighted by Gasteiger charge is 2.25. The molecule has 1 atom stereocenters. The predicted octanol–water partition coefficient (Wildman–Crippen LogP) is 2.39. The van der Waals surface area contributed by atoms with Gasteiger partial charge in [0.15, 0.2) is 0 Å². The number of hydrogen-bond donors (Lipinski definition) is 2. The highest BCUT2D eigenvalue weighted by Crippen LogP contribution is 2.12. The quantitative estimate of drug-likeness (QED) is 0.552. The predicted molar refractivity (Wildman–Crippen MR) is 99.9 cm³/mol. The second-order valence-corrected chi connectivity index (χ2v) is 7.36. The van der Waals surface area contributed by atoms with Crippen LogP contribution in [0.3, 0.4) is 0 Å². The summed E-state index contributed by atoms with van der Waals surface area (Å²) in [6, 6.07) is 13.9. The highest BCUT2D eigenvalue weighted by molar-refractivity contribution is 7.89. The zero-order valence-corrected chi connectivity index (χ0v) is 15.7. The van der Waals surface area contributed by atoms with E-state index in [4.69, 9.17) is 16.4 Å². The topological polar surface area (TPSA) is 101 Å². The van der Waals surface area contributed by atoms with Gasteiger partial charge >= 0.3 is 5.97 Å². The van der Waals surface area contributed by atoms with Crippen molar-refractivity contribution in [3.05, 3.63) is 65.7 Å². The van der Waals surface area contributed by atoms with E-state index in [9.17, 15) is 18.3 Å². The van der Waals surface area contributed by atoms with Crippen molar-refractivity contribution < 1.29 is 23.1 Å². The molecule has 0 unspecified atom stereocenters. The molecule has 0 bridgehead atoms. The first-order valence-electron chi connectivity index (χ1n) is 7.65. The van der Waals surface area contributed by atoms with Crippen LogP contribution in [-0.2, 0) is 26.0 Å². The van der Waals surface area contributed by atoms with Crippen molar-refractivity contribution in [2.45, 2.75) is 24.3 Å². The second kappa shape index (κ2) is 10.7. The molecule has 140 valence electrons. The first-order valence-corrected chi connectivity index (χ1v) is 9.67. The Morgan fingerprint density at radius 1 is 1.15 bits per heavy atom. The van der Waals surface area contributed by atoms with Crippen LogP contribution < -0.4 is 4.72 Å². The van der Waals surface area contributed by atoms with Gasteiger partial charge in [-0.05, 0) is 31.0 Å². The Bertz CT molecular complexity index is 807. The lowest BCUT2D eigenvalue weighted by Gasteiger charge is -2.15. The van der Waals surface area contributed by atoms with E-state index in [1.807, 2.05) is 13.0 Å². The highest BCUT2D eigenvalue weighted by atomic mass is 35.5. The third-order valence-electron chi connectivity index (χ3n) is 3.27. The SMILES string of the molecule is Cc1ccc(S(=O)(=O)N[C@@H](Cc2ccccc2)C(=O)O)cc1.O=CCCl. The number of aryl methyl sites for hydroxylation is 1. The number of carboxylic acid groups (broad SMARTS) is 1. The molecule has 0 aromatic heterocycles. The Hall–Kier alpha value is -2.22. The number of aldehydes is 1. The molecule has 26 heavy (non-hydrogen) atoms. The van der Waals surface area contributed by atoms with Gasteiger partial charge in [-0.1, -0.05) is 48.0 Å². The van der Waals surface area contributed by atoms with E-state index >= 15 is 0 Å². The van der Waals surface area contributed by atoms with Gasteiger partial charge in [-0.25, -0.2) is 8.42 Å². The molecule has 0 spiro atoms. The molecule has 6 nitrogen and oxygen atoms in total. The van der Waals surface area contributed by atoms with Gasteiger partial charge in [0, 0.05) is 0 Å². The van der Waals surface area contributed by atoms with Crippen LogP contribution in [0.5, 0.6) is 0 Å². The Morgan fingerprint density at radius 2 is 1.69 bits per heavy atom. The smallest absolute Gasteiger partial charge is 0.322 e. The summed E-state index contributed by atoms with van der Waals surface area (Å²) < 4.78 is 26.8. The number of carbonyl (C=O) groups excluding carboxylic acids is 1.